The van der Waals surface area contributed by atoms with Gasteiger partial charge in [-0.05, 0) is 0 Å². The van der Waals surface area contributed by atoms with E-state index in [2.05, 4.69) is 153 Å². The molecule has 0 saturated heterocycles. The summed E-state index contributed by atoms with van der Waals surface area (Å²) in [6.45, 7) is 13.2. The second kappa shape index (κ2) is 12.9. The van der Waals surface area contributed by atoms with Gasteiger partial charge in [-0.25, -0.2) is 0 Å². The predicted molar refractivity (Wildman–Crippen MR) is 179 cm³/mol. The molecule has 0 unspecified atom stereocenters. The minimum atomic E-state index is -2.93. The number of nitrogens with zero attached hydrogens (tertiary/aromatic N) is 2. The Morgan fingerprint density at radius 1 is 0.643 bits per heavy atom. The first-order valence-corrected chi connectivity index (χ1v) is 21.3. The van der Waals surface area contributed by atoms with Gasteiger partial charge < -0.3 is 0 Å². The van der Waals surface area contributed by atoms with Crippen molar-refractivity contribution in [2.24, 2.45) is 0 Å². The van der Waals surface area contributed by atoms with Crippen LogP contribution in [0.4, 0.5) is 11.4 Å². The van der Waals surface area contributed by atoms with Gasteiger partial charge in [0.1, 0.15) is 0 Å². The number of rotatable bonds is 10. The molecule has 0 spiro atoms. The van der Waals surface area contributed by atoms with Gasteiger partial charge in [0.2, 0.25) is 0 Å². The van der Waals surface area contributed by atoms with Gasteiger partial charge in [0.25, 0.3) is 0 Å². The van der Waals surface area contributed by atoms with E-state index in [-0.39, 0.29) is 0 Å². The summed E-state index contributed by atoms with van der Waals surface area (Å²) in [5, 5.41) is 0. The van der Waals surface area contributed by atoms with Gasteiger partial charge in [0.15, 0.2) is 0 Å². The van der Waals surface area contributed by atoms with Gasteiger partial charge in [-0.1, -0.05) is 0 Å². The number of anilines is 2. The second-order valence-electron chi connectivity index (χ2n) is 11.2. The molecule has 0 atom stereocenters. The summed E-state index contributed by atoms with van der Waals surface area (Å²) in [5.41, 5.74) is 11.5. The van der Waals surface area contributed by atoms with Gasteiger partial charge in [-0.3, -0.25) is 0 Å². The molecule has 212 valence electrons. The summed E-state index contributed by atoms with van der Waals surface area (Å²) >= 11 is -2.93. The maximum absolute atomic E-state index is 2.93. The molecule has 2 aliphatic rings. The average Bonchev–Trinajstić information content (AvgIpc) is 3.68. The Kier molecular flexibility index (Phi) is 8.86. The Morgan fingerprint density at radius 2 is 1.12 bits per heavy atom. The van der Waals surface area contributed by atoms with Crippen molar-refractivity contribution < 1.29 is 21.0 Å². The zero-order chi connectivity index (χ0) is 29.1. The first kappa shape index (κ1) is 28.8. The molecule has 0 aliphatic heterocycles. The first-order valence-electron chi connectivity index (χ1n) is 15.7. The van der Waals surface area contributed by atoms with E-state index < -0.39 is 21.0 Å². The normalized spacial score (nSPS) is 13.5. The molecule has 0 N–H and O–H groups in total. The van der Waals surface area contributed by atoms with Crippen molar-refractivity contribution in [2.75, 3.05) is 36.0 Å². The Balaban J connectivity index is 1.70. The third kappa shape index (κ3) is 5.33. The topological polar surface area (TPSA) is 6.48 Å². The maximum atomic E-state index is 2.56. The van der Waals surface area contributed by atoms with Crippen LogP contribution < -0.4 is 9.80 Å². The van der Waals surface area contributed by atoms with Crippen molar-refractivity contribution >= 4 is 14.6 Å². The van der Waals surface area contributed by atoms with E-state index in [1.807, 2.05) is 0 Å². The summed E-state index contributed by atoms with van der Waals surface area (Å²) in [6.07, 6.45) is 8.25. The van der Waals surface area contributed by atoms with Crippen LogP contribution in [0.2, 0.25) is 0 Å². The Hall–Kier alpha value is -3.30. The van der Waals surface area contributed by atoms with E-state index >= 15 is 0 Å². The first-order chi connectivity index (χ1) is 20.7. The molecule has 0 bridgehead atoms. The predicted octanol–water partition coefficient (Wildman–Crippen LogP) is 9.18. The van der Waals surface area contributed by atoms with E-state index in [1.165, 1.54) is 33.6 Å². The molecule has 0 radical (unpaired) electrons. The van der Waals surface area contributed by atoms with Crippen LogP contribution in [-0.4, -0.2) is 29.4 Å². The molecule has 0 saturated carbocycles. The van der Waals surface area contributed by atoms with E-state index in [0.717, 1.165) is 32.6 Å². The van der Waals surface area contributed by atoms with Gasteiger partial charge in [0, 0.05) is 0 Å². The molecule has 0 amide bonds. The number of allylic oxidation sites excluding steroid dienone is 4. The van der Waals surface area contributed by atoms with E-state index in [4.69, 9.17) is 0 Å². The molecule has 42 heavy (non-hydrogen) atoms. The Morgan fingerprint density at radius 3 is 1.52 bits per heavy atom. The third-order valence-corrected chi connectivity index (χ3v) is 21.2. The van der Waals surface area contributed by atoms with Crippen LogP contribution in [0.15, 0.2) is 119 Å². The summed E-state index contributed by atoms with van der Waals surface area (Å²) in [7, 11) is 0. The fraction of sp³-hybridized carbons (Fsp3) is 0.256. The molecule has 4 aromatic rings. The minimum absolute atomic E-state index is 0.424. The number of benzene rings is 4. The second-order valence-corrected chi connectivity index (χ2v) is 20.3. The van der Waals surface area contributed by atoms with Crippen LogP contribution >= 0.6 is 0 Å². The van der Waals surface area contributed by atoms with Crippen LogP contribution in [0.3, 0.4) is 0 Å². The summed E-state index contributed by atoms with van der Waals surface area (Å²) in [5.74, 6) is 0. The molecule has 2 aliphatic carbocycles. The van der Waals surface area contributed by atoms with Crippen molar-refractivity contribution in [3.63, 3.8) is 0 Å². The number of fused-ring (bicyclic) bond motifs is 3. The SMILES string of the molecule is CCN(CC)c1ccc2c(c1)[CH]([Hf]([C]1=CC=CC1)=[C](c1ccccc1)c1ccccc1)c1cc(N(CC)CC)ccc1-2. The van der Waals surface area contributed by atoms with Crippen molar-refractivity contribution in [3.8, 4) is 11.1 Å². The molecular weight excluding hydrogens is 675 g/mol. The van der Waals surface area contributed by atoms with E-state index in [0.29, 0.717) is 3.67 Å². The van der Waals surface area contributed by atoms with Crippen LogP contribution in [0.1, 0.15) is 60.0 Å². The molecule has 0 fully saturated rings. The van der Waals surface area contributed by atoms with Crippen LogP contribution in [-0.2, 0) is 21.0 Å². The molecule has 2 nitrogen and oxygen atoms in total. The van der Waals surface area contributed by atoms with Crippen LogP contribution in [0, 0.1) is 0 Å². The van der Waals surface area contributed by atoms with E-state index in [1.54, 1.807) is 17.7 Å². The van der Waals surface area contributed by atoms with Crippen molar-refractivity contribution in [3.05, 3.63) is 141 Å². The van der Waals surface area contributed by atoms with Crippen molar-refractivity contribution in [1.29, 1.82) is 0 Å². The van der Waals surface area contributed by atoms with Crippen molar-refractivity contribution in [2.45, 2.75) is 37.8 Å². The molecule has 0 heterocycles. The molecule has 4 aromatic carbocycles. The van der Waals surface area contributed by atoms with Gasteiger partial charge >= 0.3 is 261 Å². The molecule has 3 heteroatoms. The summed E-state index contributed by atoms with van der Waals surface area (Å²) in [4.78, 5) is 5.00. The zero-order valence-corrected chi connectivity index (χ0v) is 29.1. The van der Waals surface area contributed by atoms with Crippen LogP contribution in [0.5, 0.6) is 0 Å². The van der Waals surface area contributed by atoms with Gasteiger partial charge in [-0.2, -0.15) is 0 Å². The van der Waals surface area contributed by atoms with Gasteiger partial charge in [0.05, 0.1) is 0 Å². The number of hydrogen-bond acceptors (Lipinski definition) is 2. The summed E-state index contributed by atoms with van der Waals surface area (Å²) < 4.78 is 3.75. The molecule has 6 rings (SSSR count). The molecular formula is C39H42HfN2. The zero-order valence-electron chi connectivity index (χ0n) is 25.5. The fourth-order valence-electron chi connectivity index (χ4n) is 6.94. The third-order valence-electron chi connectivity index (χ3n) is 9.04. The van der Waals surface area contributed by atoms with E-state index in [9.17, 15) is 0 Å². The van der Waals surface area contributed by atoms with Crippen molar-refractivity contribution in [1.82, 2.24) is 0 Å². The standard InChI is InChI=1S/C21H27N2.C13H10.C5H5.Hf/c1-5-22(6-2)18-9-11-20-16(14-18)13-17-15-19(10-12-21(17)20)23(7-3)8-4;1-3-7-12(8-4-1)11-13-9-5-2-6-10-13;1-2-4-5-3-1;/h9-15H,5-8H2,1-4H3;1-10H;1-3H,4H2;. The summed E-state index contributed by atoms with van der Waals surface area (Å²) in [6, 6.07) is 37.3. The van der Waals surface area contributed by atoms with Crippen LogP contribution in [0.25, 0.3) is 11.1 Å². The molecule has 0 aromatic heterocycles. The monoisotopic (exact) mass is 718 g/mol. The Labute approximate surface area is 260 Å². The quantitative estimate of drug-likeness (QED) is 0.151. The Bertz CT molecular complexity index is 1540. The number of hydrogen-bond donors (Lipinski definition) is 0. The van der Waals surface area contributed by atoms with Gasteiger partial charge in [-0.15, -0.1) is 0 Å². The average molecular weight is 717 g/mol. The fourth-order valence-corrected chi connectivity index (χ4v) is 20.1.